The number of likely N-dealkylation sites (tertiary alicyclic amines) is 1. The Kier molecular flexibility index (Phi) is 24.6. The molecule has 5 nitrogen and oxygen atoms in total. The van der Waals surface area contributed by atoms with E-state index in [0.29, 0.717) is 5.92 Å². The molecule has 0 radical (unpaired) electrons. The molecule has 228 valence electrons. The lowest BCUT2D eigenvalue weighted by Crippen LogP contribution is -2.43. The first-order chi connectivity index (χ1) is 19.1. The summed E-state index contributed by atoms with van der Waals surface area (Å²) in [6, 6.07) is 15.4. The average molecular weight is 560 g/mol. The number of rotatable bonds is 6. The molecule has 1 unspecified atom stereocenters. The first-order valence-corrected chi connectivity index (χ1v) is 15.3. The Morgan fingerprint density at radius 2 is 1.27 bits per heavy atom. The number of amides is 3. The third kappa shape index (κ3) is 19.2. The number of nitrogens with two attached hydrogens (primary N) is 1. The molecule has 1 aliphatic rings. The largest absolute Gasteiger partial charge is 0.368 e. The second-order valence-electron chi connectivity index (χ2n) is 10.1. The van der Waals surface area contributed by atoms with E-state index in [0.717, 1.165) is 44.7 Å². The van der Waals surface area contributed by atoms with Crippen molar-refractivity contribution in [2.24, 2.45) is 11.7 Å². The van der Waals surface area contributed by atoms with Gasteiger partial charge in [0.1, 0.15) is 5.82 Å². The average Bonchev–Trinajstić information content (AvgIpc) is 3.24. The lowest BCUT2D eigenvalue weighted by atomic mass is 9.87. The van der Waals surface area contributed by atoms with Crippen molar-refractivity contribution in [2.75, 3.05) is 19.6 Å². The first kappa shape index (κ1) is 39.3. The zero-order valence-electron chi connectivity index (χ0n) is 26.9. The molecule has 0 spiro atoms. The first-order valence-electron chi connectivity index (χ1n) is 15.3. The lowest BCUT2D eigenvalue weighted by molar-refractivity contribution is -0.117. The van der Waals surface area contributed by atoms with E-state index in [9.17, 15) is 14.0 Å². The van der Waals surface area contributed by atoms with Gasteiger partial charge in [-0.15, -0.1) is 0 Å². The van der Waals surface area contributed by atoms with Gasteiger partial charge in [0.05, 0.1) is 6.54 Å². The van der Waals surface area contributed by atoms with Crippen LogP contribution in [0.15, 0.2) is 48.5 Å². The molecule has 3 N–H and O–H groups in total. The molecule has 1 heterocycles. The molecule has 6 heteroatoms. The highest BCUT2D eigenvalue weighted by atomic mass is 19.1. The zero-order chi connectivity index (χ0) is 30.9. The van der Waals surface area contributed by atoms with Gasteiger partial charge in [-0.3, -0.25) is 4.79 Å². The molecule has 0 bridgehead atoms. The van der Waals surface area contributed by atoms with Gasteiger partial charge in [0.25, 0.3) is 0 Å². The van der Waals surface area contributed by atoms with Crippen LogP contribution in [-0.4, -0.2) is 36.5 Å². The van der Waals surface area contributed by atoms with E-state index in [2.05, 4.69) is 64.2 Å². The Labute approximate surface area is 245 Å². The molecule has 40 heavy (non-hydrogen) atoms. The van der Waals surface area contributed by atoms with Gasteiger partial charge >= 0.3 is 6.03 Å². The van der Waals surface area contributed by atoms with E-state index in [-0.39, 0.29) is 18.4 Å². The van der Waals surface area contributed by atoms with Gasteiger partial charge in [-0.05, 0) is 55.4 Å². The Morgan fingerprint density at radius 1 is 0.850 bits per heavy atom. The molecule has 0 aromatic heterocycles. The highest BCUT2D eigenvalue weighted by Gasteiger charge is 2.15. The summed E-state index contributed by atoms with van der Waals surface area (Å²) in [6.45, 7) is 20.3. The SMILES string of the molecule is CC.CC.CC(C)C.CCCC(c1ccc(C)cc1)c1ccc(F)cc1.NC(=O)CNC(=O)N1CCCCCC1. The second-order valence-corrected chi connectivity index (χ2v) is 10.1. The van der Waals surface area contributed by atoms with Crippen LogP contribution in [0, 0.1) is 18.7 Å². The molecule has 2 aromatic rings. The van der Waals surface area contributed by atoms with Gasteiger partial charge in [0, 0.05) is 19.0 Å². The van der Waals surface area contributed by atoms with E-state index < -0.39 is 5.91 Å². The van der Waals surface area contributed by atoms with E-state index in [1.165, 1.54) is 29.5 Å². The summed E-state index contributed by atoms with van der Waals surface area (Å²) in [7, 11) is 0. The third-order valence-corrected chi connectivity index (χ3v) is 5.64. The van der Waals surface area contributed by atoms with Crippen molar-refractivity contribution < 1.29 is 14.0 Å². The number of nitrogens with one attached hydrogen (secondary N) is 1. The van der Waals surface area contributed by atoms with Gasteiger partial charge in [-0.2, -0.15) is 0 Å². The monoisotopic (exact) mass is 559 g/mol. The van der Waals surface area contributed by atoms with Crippen molar-refractivity contribution >= 4 is 11.9 Å². The molecule has 1 atom stereocenters. The van der Waals surface area contributed by atoms with E-state index in [4.69, 9.17) is 5.73 Å². The maximum Gasteiger partial charge on any atom is 0.317 e. The number of carbonyl (C=O) groups excluding carboxylic acids is 2. The van der Waals surface area contributed by atoms with Gasteiger partial charge < -0.3 is 16.0 Å². The molecule has 1 aliphatic heterocycles. The van der Waals surface area contributed by atoms with Gasteiger partial charge in [-0.25, -0.2) is 9.18 Å². The van der Waals surface area contributed by atoms with Crippen molar-refractivity contribution in [1.29, 1.82) is 0 Å². The zero-order valence-corrected chi connectivity index (χ0v) is 26.9. The van der Waals surface area contributed by atoms with Crippen LogP contribution >= 0.6 is 0 Å². The Hall–Kier alpha value is -2.89. The fourth-order valence-corrected chi connectivity index (χ4v) is 3.86. The minimum absolute atomic E-state index is 0.0741. The Bertz CT molecular complexity index is 827. The number of hydrogen-bond acceptors (Lipinski definition) is 2. The summed E-state index contributed by atoms with van der Waals surface area (Å²) in [4.78, 5) is 23.7. The Balaban J connectivity index is 0. The van der Waals surface area contributed by atoms with Gasteiger partial charge in [0.2, 0.25) is 5.91 Å². The van der Waals surface area contributed by atoms with Crippen molar-refractivity contribution in [1.82, 2.24) is 10.2 Å². The van der Waals surface area contributed by atoms with Crippen molar-refractivity contribution in [2.45, 2.75) is 107 Å². The van der Waals surface area contributed by atoms with Crippen LogP contribution in [0.25, 0.3) is 0 Å². The predicted octanol–water partition coefficient (Wildman–Crippen LogP) is 8.84. The van der Waals surface area contributed by atoms with Crippen LogP contribution in [-0.2, 0) is 4.79 Å². The molecule has 0 saturated carbocycles. The standard InChI is InChI=1S/C17H19F.C9H17N3O2.C4H10.2C2H6/c1-3-4-17(14-7-5-13(2)6-8-14)15-9-11-16(18)12-10-15;10-8(13)7-11-9(14)12-5-3-1-2-4-6-12;1-4(2)3;2*1-2/h5-12,17H,3-4H2,1-2H3;1-7H2,(H2,10,13)(H,11,14);4H,1-3H3;2*1-2H3. The van der Waals surface area contributed by atoms with Crippen molar-refractivity contribution in [3.63, 3.8) is 0 Å². The second kappa shape index (κ2) is 25.1. The number of nitrogens with zero attached hydrogens (tertiary/aromatic N) is 1. The Morgan fingerprint density at radius 3 is 1.68 bits per heavy atom. The predicted molar refractivity (Wildman–Crippen MR) is 170 cm³/mol. The molecular formula is C34H58FN3O2. The number of benzene rings is 2. The summed E-state index contributed by atoms with van der Waals surface area (Å²) in [5.41, 5.74) is 8.71. The van der Waals surface area contributed by atoms with Crippen molar-refractivity contribution in [3.8, 4) is 0 Å². The highest BCUT2D eigenvalue weighted by Crippen LogP contribution is 2.29. The highest BCUT2D eigenvalue weighted by molar-refractivity contribution is 5.82. The fraction of sp³-hybridized carbons (Fsp3) is 0.588. The third-order valence-electron chi connectivity index (χ3n) is 5.64. The normalized spacial score (nSPS) is 12.8. The minimum Gasteiger partial charge on any atom is -0.368 e. The summed E-state index contributed by atoms with van der Waals surface area (Å²) < 4.78 is 13.0. The minimum atomic E-state index is -0.506. The fourth-order valence-electron chi connectivity index (χ4n) is 3.86. The molecule has 1 saturated heterocycles. The summed E-state index contributed by atoms with van der Waals surface area (Å²) in [5, 5.41) is 2.49. The number of carbonyl (C=O) groups is 2. The van der Waals surface area contributed by atoms with Crippen LogP contribution in [0.5, 0.6) is 0 Å². The quantitative estimate of drug-likeness (QED) is 0.371. The number of hydrogen-bond donors (Lipinski definition) is 2. The summed E-state index contributed by atoms with van der Waals surface area (Å²) >= 11 is 0. The van der Waals surface area contributed by atoms with Crippen LogP contribution in [0.3, 0.4) is 0 Å². The van der Waals surface area contributed by atoms with Crippen LogP contribution in [0.4, 0.5) is 9.18 Å². The number of urea groups is 1. The lowest BCUT2D eigenvalue weighted by Gasteiger charge is -2.20. The molecule has 3 rings (SSSR count). The maximum absolute atomic E-state index is 13.0. The van der Waals surface area contributed by atoms with E-state index in [1.54, 1.807) is 17.0 Å². The van der Waals surface area contributed by atoms with Crippen molar-refractivity contribution in [3.05, 3.63) is 71.0 Å². The topological polar surface area (TPSA) is 75.4 Å². The van der Waals surface area contributed by atoms with Crippen LogP contribution in [0.1, 0.15) is 117 Å². The van der Waals surface area contributed by atoms with E-state index in [1.807, 2.05) is 39.8 Å². The molecule has 3 amide bonds. The molecule has 2 aromatic carbocycles. The smallest absolute Gasteiger partial charge is 0.317 e. The summed E-state index contributed by atoms with van der Waals surface area (Å²) in [5.74, 6) is 0.530. The number of halogens is 1. The van der Waals surface area contributed by atoms with Gasteiger partial charge in [0.15, 0.2) is 0 Å². The number of primary amides is 1. The van der Waals surface area contributed by atoms with Gasteiger partial charge in [-0.1, -0.05) is 117 Å². The summed E-state index contributed by atoms with van der Waals surface area (Å²) in [6.07, 6.45) is 6.66. The molecule has 0 aliphatic carbocycles. The van der Waals surface area contributed by atoms with Crippen LogP contribution < -0.4 is 11.1 Å². The maximum atomic E-state index is 13.0. The molecule has 1 fully saturated rings. The van der Waals surface area contributed by atoms with Crippen LogP contribution in [0.2, 0.25) is 0 Å². The van der Waals surface area contributed by atoms with E-state index >= 15 is 0 Å². The number of aryl methyl sites for hydroxylation is 1. The molecular weight excluding hydrogens is 501 g/mol.